The first-order valence-electron chi connectivity index (χ1n) is 18.4. The lowest BCUT2D eigenvalue weighted by atomic mass is 9.78. The van der Waals surface area contributed by atoms with E-state index in [2.05, 4.69) is 17.5 Å². The monoisotopic (exact) mass is 744 g/mol. The van der Waals surface area contributed by atoms with Gasteiger partial charge >= 0.3 is 5.97 Å². The van der Waals surface area contributed by atoms with Gasteiger partial charge in [-0.3, -0.25) is 9.59 Å². The Morgan fingerprint density at radius 2 is 1.56 bits per heavy atom. The number of likely N-dealkylation sites (tertiary alicyclic amines) is 1. The van der Waals surface area contributed by atoms with Crippen LogP contribution >= 0.6 is 0 Å². The lowest BCUT2D eigenvalue weighted by molar-refractivity contribution is -0.144. The van der Waals surface area contributed by atoms with Crippen LogP contribution in [0.5, 0.6) is 34.5 Å². The normalized spacial score (nSPS) is 17.8. The third kappa shape index (κ3) is 9.58. The summed E-state index contributed by atoms with van der Waals surface area (Å²) in [4.78, 5) is 42.4. The van der Waals surface area contributed by atoms with Gasteiger partial charge in [-0.25, -0.2) is 4.79 Å². The van der Waals surface area contributed by atoms with Gasteiger partial charge in [0.05, 0.1) is 47.5 Å². The molecule has 2 N–H and O–H groups in total. The van der Waals surface area contributed by atoms with E-state index in [0.717, 1.165) is 48.8 Å². The predicted molar refractivity (Wildman–Crippen MR) is 203 cm³/mol. The Morgan fingerprint density at radius 3 is 2.20 bits per heavy atom. The van der Waals surface area contributed by atoms with E-state index in [1.54, 1.807) is 58.6 Å². The van der Waals surface area contributed by atoms with Gasteiger partial charge in [0.15, 0.2) is 29.6 Å². The number of hydrogen-bond acceptors (Lipinski definition) is 9. The summed E-state index contributed by atoms with van der Waals surface area (Å²) in [5, 5.41) is 12.5. The summed E-state index contributed by atoms with van der Waals surface area (Å²) in [5.74, 6) is 0.851. The highest BCUT2D eigenvalue weighted by molar-refractivity contribution is 5.91. The van der Waals surface area contributed by atoms with Crippen LogP contribution in [0.4, 0.5) is 0 Å². The molecule has 12 heteroatoms. The number of ether oxygens (including phenoxy) is 6. The number of nitrogens with zero attached hydrogens (tertiary/aromatic N) is 1. The molecular weight excluding hydrogens is 692 g/mol. The number of rotatable bonds is 17. The zero-order valence-corrected chi connectivity index (χ0v) is 31.8. The van der Waals surface area contributed by atoms with Crippen molar-refractivity contribution in [3.05, 3.63) is 83.4 Å². The average Bonchev–Trinajstić information content (AvgIpc) is 3.21. The van der Waals surface area contributed by atoms with Gasteiger partial charge in [0.25, 0.3) is 0 Å². The third-order valence-electron chi connectivity index (χ3n) is 10.2. The molecule has 4 unspecified atom stereocenters. The maximum atomic E-state index is 14.9. The highest BCUT2D eigenvalue weighted by atomic mass is 16.5. The Morgan fingerprint density at radius 1 is 0.815 bits per heavy atom. The van der Waals surface area contributed by atoms with E-state index in [9.17, 15) is 19.5 Å². The fraction of sp³-hybridized carbons (Fsp3) is 0.452. The Bertz CT molecular complexity index is 1770. The first-order valence-corrected chi connectivity index (χ1v) is 18.4. The molecule has 5 rings (SSSR count). The molecule has 54 heavy (non-hydrogen) atoms. The van der Waals surface area contributed by atoms with E-state index < -0.39 is 30.6 Å². The van der Waals surface area contributed by atoms with Crippen LogP contribution in [-0.2, 0) is 20.8 Å². The highest BCUT2D eigenvalue weighted by Crippen LogP contribution is 2.44. The van der Waals surface area contributed by atoms with Gasteiger partial charge in [-0.15, -0.1) is 0 Å². The Kier molecular flexibility index (Phi) is 14.1. The highest BCUT2D eigenvalue weighted by Gasteiger charge is 2.40. The topological polar surface area (TPSA) is 142 Å². The standard InChI is InChI=1S/C42H52N2O10/c1-49-34-20-18-27(22-35(34)50-2)17-19-32(29-14-11-15-31(23-29)54-26-38(45)46)43-41(47)33-16-9-10-21-44(33)42(48)39(28-12-7-6-8-13-28)30-24-36(51-3)40(53-5)37(25-30)52-4/h7,11-12,14-15,18,20,22-25,28,32-33,39H,6,8-10,13,16-17,19,21,26H2,1-5H3,(H,43,47)(H,45,46). The molecule has 4 atom stereocenters. The van der Waals surface area contributed by atoms with Crippen molar-refractivity contribution in [3.8, 4) is 34.5 Å². The molecule has 0 bridgehead atoms. The Balaban J connectivity index is 1.46. The molecule has 1 aliphatic heterocycles. The van der Waals surface area contributed by atoms with E-state index in [1.165, 1.54) is 0 Å². The van der Waals surface area contributed by atoms with E-state index in [-0.39, 0.29) is 17.7 Å². The van der Waals surface area contributed by atoms with Gasteiger partial charge in [-0.1, -0.05) is 30.4 Å². The fourth-order valence-electron chi connectivity index (χ4n) is 7.52. The number of aryl methyl sites for hydroxylation is 1. The van der Waals surface area contributed by atoms with Crippen molar-refractivity contribution in [3.63, 3.8) is 0 Å². The molecule has 0 spiro atoms. The lowest BCUT2D eigenvalue weighted by Crippen LogP contribution is -2.54. The van der Waals surface area contributed by atoms with Crippen LogP contribution in [0.3, 0.4) is 0 Å². The third-order valence-corrected chi connectivity index (χ3v) is 10.2. The number of carboxylic acids is 1. The van der Waals surface area contributed by atoms with Crippen molar-refractivity contribution < 1.29 is 47.9 Å². The smallest absolute Gasteiger partial charge is 0.341 e. The lowest BCUT2D eigenvalue weighted by Gasteiger charge is -2.39. The summed E-state index contributed by atoms with van der Waals surface area (Å²) in [7, 11) is 7.82. The van der Waals surface area contributed by atoms with Gasteiger partial charge in [0.2, 0.25) is 17.6 Å². The van der Waals surface area contributed by atoms with Gasteiger partial charge in [0, 0.05) is 6.54 Å². The molecule has 12 nitrogen and oxygen atoms in total. The second-order valence-electron chi connectivity index (χ2n) is 13.5. The molecule has 1 aliphatic carbocycles. The van der Waals surface area contributed by atoms with Crippen LogP contribution < -0.4 is 33.7 Å². The minimum absolute atomic E-state index is 0.0810. The quantitative estimate of drug-likeness (QED) is 0.147. The molecule has 1 saturated heterocycles. The van der Waals surface area contributed by atoms with E-state index >= 15 is 0 Å². The van der Waals surface area contributed by atoms with Crippen molar-refractivity contribution in [2.75, 3.05) is 48.7 Å². The first kappa shape index (κ1) is 39.8. The van der Waals surface area contributed by atoms with Gasteiger partial charge < -0.3 is 43.7 Å². The zero-order valence-electron chi connectivity index (χ0n) is 31.8. The van der Waals surface area contributed by atoms with Crippen molar-refractivity contribution in [2.24, 2.45) is 5.92 Å². The van der Waals surface area contributed by atoms with E-state index in [4.69, 9.17) is 28.4 Å². The molecule has 290 valence electrons. The van der Waals surface area contributed by atoms with Crippen molar-refractivity contribution >= 4 is 17.8 Å². The molecule has 1 heterocycles. The van der Waals surface area contributed by atoms with Crippen LogP contribution in [0.25, 0.3) is 0 Å². The van der Waals surface area contributed by atoms with E-state index in [0.29, 0.717) is 60.3 Å². The van der Waals surface area contributed by atoms with Gasteiger partial charge in [-0.2, -0.15) is 0 Å². The SMILES string of the molecule is COc1ccc(CCC(NC(=O)C2CCCCN2C(=O)C(c2cc(OC)c(OC)c(OC)c2)C2C=CCCC2)c2cccc(OCC(=O)O)c2)cc1OC. The van der Waals surface area contributed by atoms with Crippen LogP contribution in [0, 0.1) is 5.92 Å². The fourth-order valence-corrected chi connectivity index (χ4v) is 7.52. The molecule has 0 aromatic heterocycles. The largest absolute Gasteiger partial charge is 0.493 e. The number of allylic oxidation sites excluding steroid dienone is 2. The summed E-state index contributed by atoms with van der Waals surface area (Å²) in [5.41, 5.74) is 2.47. The van der Waals surface area contributed by atoms with Gasteiger partial charge in [0.1, 0.15) is 11.8 Å². The number of carbonyl (C=O) groups excluding carboxylic acids is 2. The minimum Gasteiger partial charge on any atom is -0.493 e. The van der Waals surface area contributed by atoms with E-state index in [1.807, 2.05) is 36.4 Å². The maximum absolute atomic E-state index is 14.9. The second kappa shape index (κ2) is 19.1. The molecule has 3 aromatic rings. The number of methoxy groups -OCH3 is 5. The number of benzene rings is 3. The maximum Gasteiger partial charge on any atom is 0.341 e. The number of aliphatic carboxylic acids is 1. The molecule has 2 aliphatic rings. The summed E-state index contributed by atoms with van der Waals surface area (Å²) in [6.07, 6.45) is 10.2. The molecule has 0 radical (unpaired) electrons. The van der Waals surface area contributed by atoms with Crippen LogP contribution in [0.2, 0.25) is 0 Å². The van der Waals surface area contributed by atoms with Crippen molar-refractivity contribution in [1.82, 2.24) is 10.2 Å². The Labute approximate surface area is 317 Å². The number of carbonyl (C=O) groups is 3. The molecular formula is C42H52N2O10. The van der Waals surface area contributed by atoms with Crippen LogP contribution in [0.1, 0.15) is 73.6 Å². The minimum atomic E-state index is -1.09. The number of amides is 2. The summed E-state index contributed by atoms with van der Waals surface area (Å²) >= 11 is 0. The number of carboxylic acid groups (broad SMARTS) is 1. The number of nitrogens with one attached hydrogen (secondary N) is 1. The second-order valence-corrected chi connectivity index (χ2v) is 13.5. The molecule has 2 amide bonds. The average molecular weight is 745 g/mol. The van der Waals surface area contributed by atoms with Crippen LogP contribution in [0.15, 0.2) is 66.7 Å². The molecule has 3 aromatic carbocycles. The predicted octanol–water partition coefficient (Wildman–Crippen LogP) is 6.50. The van der Waals surface area contributed by atoms with Gasteiger partial charge in [-0.05, 0) is 110 Å². The summed E-state index contributed by atoms with van der Waals surface area (Å²) < 4.78 is 33.4. The summed E-state index contributed by atoms with van der Waals surface area (Å²) in [6, 6.07) is 15.3. The molecule has 1 fully saturated rings. The zero-order chi connectivity index (χ0) is 38.6. The molecule has 0 saturated carbocycles. The van der Waals surface area contributed by atoms with Crippen LogP contribution in [-0.4, -0.2) is 82.5 Å². The number of hydrogen-bond donors (Lipinski definition) is 2. The summed E-state index contributed by atoms with van der Waals surface area (Å²) in [6.45, 7) is -0.0440. The first-order chi connectivity index (χ1) is 26.2. The van der Waals surface area contributed by atoms with Crippen molar-refractivity contribution in [1.29, 1.82) is 0 Å². The van der Waals surface area contributed by atoms with Crippen molar-refractivity contribution in [2.45, 2.75) is 69.4 Å². The Hall–Kier alpha value is -5.39. The number of piperidine rings is 1.